The van der Waals surface area contributed by atoms with Crippen molar-refractivity contribution in [1.82, 2.24) is 19.5 Å². The van der Waals surface area contributed by atoms with Crippen LogP contribution in [-0.4, -0.2) is 55.5 Å². The first-order valence-corrected chi connectivity index (χ1v) is 12.6. The van der Waals surface area contributed by atoms with Gasteiger partial charge in [0, 0.05) is 5.75 Å². The molecule has 0 aromatic carbocycles. The van der Waals surface area contributed by atoms with Gasteiger partial charge in [-0.1, -0.05) is 21.6 Å². The van der Waals surface area contributed by atoms with Crippen LogP contribution in [0.4, 0.5) is 5.82 Å². The molecule has 146 valence electrons. The number of nitrogens with two attached hydrogens (primary N) is 1. The van der Waals surface area contributed by atoms with Crippen LogP contribution in [0.25, 0.3) is 11.2 Å². The monoisotopic (exact) mass is 421 g/mol. The molecule has 2 unspecified atom stereocenters. The van der Waals surface area contributed by atoms with Crippen LogP contribution in [0.1, 0.15) is 19.8 Å². The average molecular weight is 421 g/mol. The molecule has 2 heterocycles. The molecule has 2 atom stereocenters. The van der Waals surface area contributed by atoms with Crippen LogP contribution >= 0.6 is 29.2 Å². The van der Waals surface area contributed by atoms with Crippen LogP contribution in [0.5, 0.6) is 0 Å². The van der Waals surface area contributed by atoms with E-state index in [4.69, 9.17) is 15.0 Å². The largest absolute Gasteiger partial charge is 0.382 e. The first-order chi connectivity index (χ1) is 12.4. The van der Waals surface area contributed by atoms with Crippen LogP contribution in [0.3, 0.4) is 0 Å². The van der Waals surface area contributed by atoms with Gasteiger partial charge in [0.25, 0.3) is 0 Å². The standard InChI is InChI=1S/C14H24N5O4PS2/c1-11(7-19-9-18-12-13(15)16-8-17-14(12)19)22-10-24(20,21)23-5-3-4-6-26-25-2/h8-9,11H,3-7,10H2,1-2H3,(H,20,21)(H2,15,16,17). The Morgan fingerprint density at radius 1 is 1.38 bits per heavy atom. The van der Waals surface area contributed by atoms with E-state index in [9.17, 15) is 9.46 Å². The van der Waals surface area contributed by atoms with E-state index in [0.717, 1.165) is 18.6 Å². The second-order valence-corrected chi connectivity index (χ2v) is 10.1. The summed E-state index contributed by atoms with van der Waals surface area (Å²) in [7, 11) is -0.279. The van der Waals surface area contributed by atoms with Crippen molar-refractivity contribution in [3.63, 3.8) is 0 Å². The molecule has 3 N–H and O–H groups in total. The van der Waals surface area contributed by atoms with Crippen LogP contribution in [0.2, 0.25) is 0 Å². The van der Waals surface area contributed by atoms with Crippen molar-refractivity contribution in [2.24, 2.45) is 0 Å². The van der Waals surface area contributed by atoms with Gasteiger partial charge in [-0.05, 0) is 26.0 Å². The number of ether oxygens (including phenoxy) is 1. The van der Waals surface area contributed by atoms with Crippen LogP contribution < -0.4 is 5.73 Å². The van der Waals surface area contributed by atoms with Crippen molar-refractivity contribution >= 4 is 46.2 Å². The van der Waals surface area contributed by atoms with E-state index < -0.39 is 7.60 Å². The van der Waals surface area contributed by atoms with Gasteiger partial charge >= 0.3 is 7.60 Å². The fourth-order valence-electron chi connectivity index (χ4n) is 2.17. The topological polar surface area (TPSA) is 125 Å². The molecule has 0 fully saturated rings. The smallest absolute Gasteiger partial charge is 0.353 e. The van der Waals surface area contributed by atoms with Crippen molar-refractivity contribution in [3.8, 4) is 0 Å². The zero-order valence-electron chi connectivity index (χ0n) is 14.8. The Morgan fingerprint density at radius 3 is 2.96 bits per heavy atom. The van der Waals surface area contributed by atoms with Crippen molar-refractivity contribution in [3.05, 3.63) is 12.7 Å². The molecule has 2 aromatic rings. The summed E-state index contributed by atoms with van der Waals surface area (Å²) in [5.41, 5.74) is 6.87. The van der Waals surface area contributed by atoms with E-state index in [1.165, 1.54) is 6.33 Å². The summed E-state index contributed by atoms with van der Waals surface area (Å²) in [4.78, 5) is 22.1. The maximum atomic E-state index is 12.0. The highest BCUT2D eigenvalue weighted by Gasteiger charge is 2.21. The normalized spacial score (nSPS) is 15.2. The number of nitrogen functional groups attached to an aromatic ring is 1. The van der Waals surface area contributed by atoms with E-state index in [2.05, 4.69) is 15.0 Å². The SMILES string of the molecule is CSSCCCCOP(=O)(O)COC(C)Cn1cnc2c(N)ncnc21. The van der Waals surface area contributed by atoms with E-state index in [1.54, 1.807) is 39.4 Å². The Bertz CT molecular complexity index is 747. The quantitative estimate of drug-likeness (QED) is 0.300. The van der Waals surface area contributed by atoms with E-state index >= 15 is 0 Å². The second-order valence-electron chi connectivity index (χ2n) is 5.60. The Labute approximate surface area is 160 Å². The predicted octanol–water partition coefficient (Wildman–Crippen LogP) is 2.76. The summed E-state index contributed by atoms with van der Waals surface area (Å²) < 4.78 is 24.4. The minimum atomic E-state index is -3.75. The predicted molar refractivity (Wildman–Crippen MR) is 106 cm³/mol. The molecular weight excluding hydrogens is 397 g/mol. The first-order valence-electron chi connectivity index (χ1n) is 8.08. The summed E-state index contributed by atoms with van der Waals surface area (Å²) in [5.74, 6) is 1.31. The van der Waals surface area contributed by atoms with Gasteiger partial charge in [-0.25, -0.2) is 15.0 Å². The maximum Gasteiger partial charge on any atom is 0.353 e. The minimum Gasteiger partial charge on any atom is -0.382 e. The highest BCUT2D eigenvalue weighted by atomic mass is 33.1. The molecule has 12 heteroatoms. The maximum absolute atomic E-state index is 12.0. The summed E-state index contributed by atoms with van der Waals surface area (Å²) in [6.07, 6.45) is 6.00. The van der Waals surface area contributed by atoms with Crippen molar-refractivity contribution in [1.29, 1.82) is 0 Å². The van der Waals surface area contributed by atoms with E-state index in [1.807, 2.05) is 6.26 Å². The van der Waals surface area contributed by atoms with Crippen LogP contribution in [0.15, 0.2) is 12.7 Å². The number of unbranched alkanes of at least 4 members (excludes halogenated alkanes) is 1. The minimum absolute atomic E-state index is 0.253. The van der Waals surface area contributed by atoms with Gasteiger partial charge in [-0.15, -0.1) is 0 Å². The number of hydrogen-bond acceptors (Lipinski definition) is 9. The molecule has 0 aliphatic carbocycles. The molecule has 0 radical (unpaired) electrons. The lowest BCUT2D eigenvalue weighted by Gasteiger charge is -2.17. The molecule has 0 spiro atoms. The van der Waals surface area contributed by atoms with Gasteiger partial charge in [-0.3, -0.25) is 4.57 Å². The Hall–Kier alpha value is -0.840. The molecule has 0 amide bonds. The Kier molecular flexibility index (Phi) is 8.65. The third-order valence-corrected chi connectivity index (χ3v) is 6.40. The fraction of sp³-hybridized carbons (Fsp3) is 0.643. The third kappa shape index (κ3) is 6.71. The van der Waals surface area contributed by atoms with Crippen molar-refractivity contribution in [2.45, 2.75) is 32.4 Å². The number of hydrogen-bond donors (Lipinski definition) is 2. The summed E-state index contributed by atoms with van der Waals surface area (Å²) in [6, 6.07) is 0. The zero-order valence-corrected chi connectivity index (χ0v) is 17.3. The van der Waals surface area contributed by atoms with Gasteiger partial charge < -0.3 is 24.5 Å². The average Bonchev–Trinajstić information content (AvgIpc) is 3.01. The Balaban J connectivity index is 1.75. The highest BCUT2D eigenvalue weighted by molar-refractivity contribution is 8.76. The molecule has 0 aliphatic heterocycles. The molecule has 26 heavy (non-hydrogen) atoms. The van der Waals surface area contributed by atoms with Crippen LogP contribution in [-0.2, 0) is 20.4 Å². The fourth-order valence-corrected chi connectivity index (χ4v) is 4.45. The lowest BCUT2D eigenvalue weighted by molar-refractivity contribution is 0.0716. The number of fused-ring (bicyclic) bond motifs is 1. The molecule has 2 rings (SSSR count). The summed E-state index contributed by atoms with van der Waals surface area (Å²) >= 11 is 0. The number of rotatable bonds is 12. The number of aromatic nitrogens is 4. The highest BCUT2D eigenvalue weighted by Crippen LogP contribution is 2.42. The molecule has 0 saturated heterocycles. The van der Waals surface area contributed by atoms with Gasteiger partial charge in [0.15, 0.2) is 11.5 Å². The van der Waals surface area contributed by atoms with E-state index in [-0.39, 0.29) is 19.1 Å². The van der Waals surface area contributed by atoms with Gasteiger partial charge in [0.05, 0.1) is 25.6 Å². The lowest BCUT2D eigenvalue weighted by atomic mass is 10.4. The van der Waals surface area contributed by atoms with Gasteiger partial charge in [0.2, 0.25) is 0 Å². The molecule has 0 saturated carbocycles. The summed E-state index contributed by atoms with van der Waals surface area (Å²) in [5, 5.41) is 0. The van der Waals surface area contributed by atoms with Crippen LogP contribution in [0, 0.1) is 0 Å². The first kappa shape index (κ1) is 21.5. The molecule has 9 nitrogen and oxygen atoms in total. The Morgan fingerprint density at radius 2 is 2.19 bits per heavy atom. The van der Waals surface area contributed by atoms with Crippen molar-refractivity contribution < 1.29 is 18.7 Å². The number of imidazole rings is 1. The lowest BCUT2D eigenvalue weighted by Crippen LogP contribution is -2.17. The van der Waals surface area contributed by atoms with Gasteiger partial charge in [-0.2, -0.15) is 0 Å². The number of nitrogens with zero attached hydrogens (tertiary/aromatic N) is 4. The second kappa shape index (κ2) is 10.5. The number of anilines is 1. The van der Waals surface area contributed by atoms with E-state index in [0.29, 0.717) is 23.5 Å². The van der Waals surface area contributed by atoms with Crippen molar-refractivity contribution in [2.75, 3.05) is 30.7 Å². The molecule has 2 aromatic heterocycles. The molecule has 0 aliphatic rings. The molecule has 0 bridgehead atoms. The third-order valence-electron chi connectivity index (χ3n) is 3.44. The zero-order chi connectivity index (χ0) is 19.0. The molecular formula is C14H24N5O4PS2. The van der Waals surface area contributed by atoms with Gasteiger partial charge in [0.1, 0.15) is 18.2 Å². The summed E-state index contributed by atoms with van der Waals surface area (Å²) in [6.45, 7) is 2.47.